The molecule has 106 valence electrons. The summed E-state index contributed by atoms with van der Waals surface area (Å²) in [6.45, 7) is 2.70. The van der Waals surface area contributed by atoms with E-state index in [1.54, 1.807) is 11.8 Å². The molecule has 0 spiro atoms. The van der Waals surface area contributed by atoms with Crippen molar-refractivity contribution < 1.29 is 13.5 Å². The van der Waals surface area contributed by atoms with Crippen molar-refractivity contribution in [2.75, 3.05) is 29.2 Å². The van der Waals surface area contributed by atoms with Crippen molar-refractivity contribution in [1.29, 1.82) is 0 Å². The van der Waals surface area contributed by atoms with Gasteiger partial charge in [0.05, 0.1) is 6.61 Å². The summed E-state index contributed by atoms with van der Waals surface area (Å²) in [6, 6.07) is 5.68. The number of nitrogens with zero attached hydrogens (tertiary/aromatic N) is 1. The molecule has 1 unspecified atom stereocenters. The van der Waals surface area contributed by atoms with Crippen LogP contribution in [-0.2, 0) is 16.4 Å². The molecule has 0 bridgehead atoms. The van der Waals surface area contributed by atoms with Crippen LogP contribution in [0.25, 0.3) is 0 Å². The van der Waals surface area contributed by atoms with Gasteiger partial charge in [-0.25, -0.2) is 8.42 Å². The summed E-state index contributed by atoms with van der Waals surface area (Å²) in [6.07, 6.45) is 1.30. The lowest BCUT2D eigenvalue weighted by molar-refractivity contribution is 0.282. The van der Waals surface area contributed by atoms with Crippen LogP contribution in [-0.4, -0.2) is 43.2 Å². The quantitative estimate of drug-likeness (QED) is 0.915. The first kappa shape index (κ1) is 14.7. The zero-order valence-corrected chi connectivity index (χ0v) is 12.8. The Balaban J connectivity index is 2.38. The Labute approximate surface area is 118 Å². The van der Waals surface area contributed by atoms with Gasteiger partial charge in [-0.1, -0.05) is 12.1 Å². The molecule has 1 heterocycles. The lowest BCUT2D eigenvalue weighted by Crippen LogP contribution is -2.47. The normalized spacial score (nSPS) is 20.6. The van der Waals surface area contributed by atoms with Crippen LogP contribution in [0.5, 0.6) is 0 Å². The predicted molar refractivity (Wildman–Crippen MR) is 80.4 cm³/mol. The number of anilines is 1. The van der Waals surface area contributed by atoms with Crippen LogP contribution in [0, 0.1) is 6.92 Å². The first-order chi connectivity index (χ1) is 8.93. The van der Waals surface area contributed by atoms with E-state index in [2.05, 4.69) is 0 Å². The minimum absolute atomic E-state index is 0.00643. The topological polar surface area (TPSA) is 57.6 Å². The van der Waals surface area contributed by atoms with Crippen LogP contribution in [0.2, 0.25) is 0 Å². The van der Waals surface area contributed by atoms with E-state index in [9.17, 15) is 8.42 Å². The Kier molecular flexibility index (Phi) is 4.43. The first-order valence-electron chi connectivity index (χ1n) is 6.17. The molecule has 0 aromatic heterocycles. The maximum Gasteiger partial charge on any atom is 0.169 e. The van der Waals surface area contributed by atoms with E-state index in [0.717, 1.165) is 29.1 Å². The second-order valence-corrected chi connectivity index (χ2v) is 8.18. The Morgan fingerprint density at radius 3 is 2.79 bits per heavy atom. The average molecular weight is 301 g/mol. The summed E-state index contributed by atoms with van der Waals surface area (Å²) < 4.78 is 23.8. The fraction of sp³-hybridized carbons (Fsp3) is 0.538. The van der Waals surface area contributed by atoms with Crippen molar-refractivity contribution >= 4 is 27.3 Å². The van der Waals surface area contributed by atoms with Crippen molar-refractivity contribution in [2.24, 2.45) is 0 Å². The van der Waals surface area contributed by atoms with E-state index in [0.29, 0.717) is 5.75 Å². The van der Waals surface area contributed by atoms with Crippen molar-refractivity contribution in [3.05, 3.63) is 29.3 Å². The maximum absolute atomic E-state index is 11.9. The minimum atomic E-state index is -3.10. The molecule has 4 nitrogen and oxygen atoms in total. The Morgan fingerprint density at radius 1 is 1.47 bits per heavy atom. The van der Waals surface area contributed by atoms with Crippen molar-refractivity contribution in [2.45, 2.75) is 18.9 Å². The SMILES string of the molecule is Cc1cc(CO)ccc1N1CCSCC1S(C)(=O)=O. The molecular formula is C13H19NO3S2. The van der Waals surface area contributed by atoms with Gasteiger partial charge in [-0.15, -0.1) is 0 Å². The third-order valence-corrected chi connectivity index (χ3v) is 5.98. The molecule has 0 saturated carbocycles. The number of thioether (sulfide) groups is 1. The second kappa shape index (κ2) is 5.73. The fourth-order valence-corrected chi connectivity index (χ4v) is 5.18. The summed E-state index contributed by atoms with van der Waals surface area (Å²) in [5.41, 5.74) is 2.81. The van der Waals surface area contributed by atoms with E-state index >= 15 is 0 Å². The van der Waals surface area contributed by atoms with Crippen LogP contribution in [0.4, 0.5) is 5.69 Å². The number of hydrogen-bond donors (Lipinski definition) is 1. The number of benzene rings is 1. The summed E-state index contributed by atoms with van der Waals surface area (Å²) in [5, 5.41) is 8.68. The monoisotopic (exact) mass is 301 g/mol. The zero-order chi connectivity index (χ0) is 14.0. The van der Waals surface area contributed by atoms with E-state index < -0.39 is 15.2 Å². The summed E-state index contributed by atoms with van der Waals surface area (Å²) in [4.78, 5) is 1.97. The third-order valence-electron chi connectivity index (χ3n) is 3.33. The van der Waals surface area contributed by atoms with Crippen LogP contribution in [0.15, 0.2) is 18.2 Å². The fourth-order valence-electron chi connectivity index (χ4n) is 2.35. The van der Waals surface area contributed by atoms with E-state index in [1.807, 2.05) is 30.0 Å². The minimum Gasteiger partial charge on any atom is -0.392 e. The molecule has 1 atom stereocenters. The molecule has 1 aromatic carbocycles. The summed E-state index contributed by atoms with van der Waals surface area (Å²) in [5.74, 6) is 1.55. The van der Waals surface area contributed by atoms with Crippen LogP contribution in [0.1, 0.15) is 11.1 Å². The van der Waals surface area contributed by atoms with Crippen LogP contribution < -0.4 is 4.90 Å². The molecule has 1 aliphatic rings. The molecule has 1 N–H and O–H groups in total. The van der Waals surface area contributed by atoms with Gasteiger partial charge in [-0.3, -0.25) is 0 Å². The molecule has 0 amide bonds. The van der Waals surface area contributed by atoms with Gasteiger partial charge in [0.1, 0.15) is 5.37 Å². The number of aliphatic hydroxyl groups is 1. The van der Waals surface area contributed by atoms with Gasteiger partial charge in [0.2, 0.25) is 0 Å². The smallest absolute Gasteiger partial charge is 0.169 e. The number of aryl methyl sites for hydroxylation is 1. The summed E-state index contributed by atoms with van der Waals surface area (Å²) >= 11 is 1.68. The lowest BCUT2D eigenvalue weighted by Gasteiger charge is -2.36. The zero-order valence-electron chi connectivity index (χ0n) is 11.2. The molecule has 2 rings (SSSR count). The highest BCUT2D eigenvalue weighted by atomic mass is 32.2. The maximum atomic E-state index is 11.9. The van der Waals surface area contributed by atoms with Gasteiger partial charge in [-0.2, -0.15) is 11.8 Å². The molecule has 0 radical (unpaired) electrons. The first-order valence-corrected chi connectivity index (χ1v) is 9.28. The van der Waals surface area contributed by atoms with Crippen molar-refractivity contribution in [3.63, 3.8) is 0 Å². The van der Waals surface area contributed by atoms with Crippen molar-refractivity contribution in [3.8, 4) is 0 Å². The molecule has 1 aliphatic heterocycles. The molecular weight excluding hydrogens is 282 g/mol. The molecule has 0 aliphatic carbocycles. The Bertz CT molecular complexity index is 557. The highest BCUT2D eigenvalue weighted by Gasteiger charge is 2.31. The molecule has 19 heavy (non-hydrogen) atoms. The lowest BCUT2D eigenvalue weighted by atomic mass is 10.1. The standard InChI is InChI=1S/C13H19NO3S2/c1-10-7-11(8-15)3-4-12(10)14-5-6-18-9-13(14)19(2,16)17/h3-4,7,13,15H,5-6,8-9H2,1-2H3. The number of hydrogen-bond acceptors (Lipinski definition) is 5. The van der Waals surface area contributed by atoms with Crippen LogP contribution in [0.3, 0.4) is 0 Å². The highest BCUT2D eigenvalue weighted by molar-refractivity contribution is 8.01. The Morgan fingerprint density at radius 2 is 2.21 bits per heavy atom. The second-order valence-electron chi connectivity index (χ2n) is 4.83. The van der Waals surface area contributed by atoms with Crippen molar-refractivity contribution in [1.82, 2.24) is 0 Å². The average Bonchev–Trinajstić information content (AvgIpc) is 2.37. The summed E-state index contributed by atoms with van der Waals surface area (Å²) in [7, 11) is -3.10. The van der Waals surface area contributed by atoms with Gasteiger partial charge in [-0.05, 0) is 24.1 Å². The van der Waals surface area contributed by atoms with Gasteiger partial charge < -0.3 is 10.0 Å². The molecule has 1 aromatic rings. The highest BCUT2D eigenvalue weighted by Crippen LogP contribution is 2.29. The molecule has 6 heteroatoms. The van der Waals surface area contributed by atoms with Gasteiger partial charge in [0, 0.05) is 30.0 Å². The van der Waals surface area contributed by atoms with Gasteiger partial charge >= 0.3 is 0 Å². The predicted octanol–water partition coefficient (Wildman–Crippen LogP) is 1.41. The van der Waals surface area contributed by atoms with Gasteiger partial charge in [0.15, 0.2) is 9.84 Å². The van der Waals surface area contributed by atoms with E-state index in [4.69, 9.17) is 5.11 Å². The molecule has 1 fully saturated rings. The number of aliphatic hydroxyl groups excluding tert-OH is 1. The molecule has 1 saturated heterocycles. The third kappa shape index (κ3) is 3.24. The Hall–Kier alpha value is -0.720. The van der Waals surface area contributed by atoms with Gasteiger partial charge in [0.25, 0.3) is 0 Å². The van der Waals surface area contributed by atoms with E-state index in [1.165, 1.54) is 6.26 Å². The number of rotatable bonds is 3. The van der Waals surface area contributed by atoms with E-state index in [-0.39, 0.29) is 6.61 Å². The number of sulfone groups is 1. The largest absolute Gasteiger partial charge is 0.392 e. The van der Waals surface area contributed by atoms with Crippen LogP contribution >= 0.6 is 11.8 Å².